The van der Waals surface area contributed by atoms with Crippen molar-refractivity contribution in [2.45, 2.75) is 26.1 Å². The second kappa shape index (κ2) is 4.84. The van der Waals surface area contributed by atoms with Crippen molar-refractivity contribution < 1.29 is 9.47 Å². The maximum Gasteiger partial charge on any atom is 0.123 e. The van der Waals surface area contributed by atoms with E-state index in [1.807, 2.05) is 36.4 Å². The predicted molar refractivity (Wildman–Crippen MR) is 75.4 cm³/mol. The second-order valence-corrected chi connectivity index (χ2v) is 4.93. The van der Waals surface area contributed by atoms with Crippen LogP contribution in [0.25, 0.3) is 0 Å². The number of ether oxygens (including phenoxy) is 2. The molecule has 1 aliphatic rings. The molecule has 0 bridgehead atoms. The van der Waals surface area contributed by atoms with Crippen LogP contribution in [0.4, 0.5) is 5.69 Å². The van der Waals surface area contributed by atoms with Gasteiger partial charge in [-0.15, -0.1) is 0 Å². The van der Waals surface area contributed by atoms with Gasteiger partial charge in [0, 0.05) is 12.1 Å². The molecule has 2 aromatic carbocycles. The van der Waals surface area contributed by atoms with E-state index in [0.717, 1.165) is 29.2 Å². The second-order valence-electron chi connectivity index (χ2n) is 4.93. The van der Waals surface area contributed by atoms with E-state index in [0.29, 0.717) is 6.61 Å². The largest absolute Gasteiger partial charge is 0.490 e. The van der Waals surface area contributed by atoms with Gasteiger partial charge in [-0.3, -0.25) is 0 Å². The molecule has 0 saturated heterocycles. The third-order valence-corrected chi connectivity index (χ3v) is 3.25. The number of rotatable bonds is 3. The summed E-state index contributed by atoms with van der Waals surface area (Å²) in [7, 11) is 0. The predicted octanol–water partition coefficient (Wildman–Crippen LogP) is 3.17. The summed E-state index contributed by atoms with van der Waals surface area (Å²) in [5.41, 5.74) is 8.82. The molecule has 1 aliphatic heterocycles. The molecule has 1 heterocycles. The highest BCUT2D eigenvalue weighted by atomic mass is 16.5. The fourth-order valence-electron chi connectivity index (χ4n) is 2.30. The average molecular weight is 255 g/mol. The van der Waals surface area contributed by atoms with Crippen LogP contribution in [0, 0.1) is 0 Å². The topological polar surface area (TPSA) is 44.5 Å². The number of anilines is 1. The minimum Gasteiger partial charge on any atom is -0.490 e. The van der Waals surface area contributed by atoms with Gasteiger partial charge in [-0.1, -0.05) is 6.07 Å². The third kappa shape index (κ3) is 2.65. The van der Waals surface area contributed by atoms with Crippen LogP contribution in [-0.4, -0.2) is 6.10 Å². The van der Waals surface area contributed by atoms with Crippen molar-refractivity contribution in [3.8, 4) is 11.5 Å². The lowest BCUT2D eigenvalue weighted by molar-refractivity contribution is 0.254. The first-order chi connectivity index (χ1) is 9.20. The van der Waals surface area contributed by atoms with E-state index in [4.69, 9.17) is 15.2 Å². The molecule has 3 heteroatoms. The smallest absolute Gasteiger partial charge is 0.123 e. The number of nitrogens with two attached hydrogens (primary N) is 1. The molecule has 0 amide bonds. The standard InChI is InChI=1S/C16H17NO2/c1-11-8-13-9-12(2-7-16(13)19-11)10-18-15-5-3-14(17)4-6-15/h2-7,9,11H,8,10,17H2,1H3. The molecular formula is C16H17NO2. The molecule has 0 spiro atoms. The first kappa shape index (κ1) is 11.9. The van der Waals surface area contributed by atoms with Gasteiger partial charge in [0.1, 0.15) is 24.2 Å². The summed E-state index contributed by atoms with van der Waals surface area (Å²) >= 11 is 0. The molecule has 0 saturated carbocycles. The Balaban J connectivity index is 1.68. The molecule has 1 unspecified atom stereocenters. The van der Waals surface area contributed by atoms with Crippen molar-refractivity contribution in [1.29, 1.82) is 0 Å². The number of benzene rings is 2. The summed E-state index contributed by atoms with van der Waals surface area (Å²) < 4.78 is 11.4. The van der Waals surface area contributed by atoms with Crippen LogP contribution in [0.1, 0.15) is 18.1 Å². The zero-order valence-corrected chi connectivity index (χ0v) is 10.9. The number of fused-ring (bicyclic) bond motifs is 1. The van der Waals surface area contributed by atoms with E-state index >= 15 is 0 Å². The Kier molecular flexibility index (Phi) is 3.03. The van der Waals surface area contributed by atoms with Gasteiger partial charge in [-0.25, -0.2) is 0 Å². The molecule has 0 radical (unpaired) electrons. The zero-order chi connectivity index (χ0) is 13.2. The van der Waals surface area contributed by atoms with Gasteiger partial charge in [-0.05, 0) is 54.4 Å². The molecule has 98 valence electrons. The Morgan fingerprint density at radius 1 is 1.21 bits per heavy atom. The summed E-state index contributed by atoms with van der Waals surface area (Å²) in [6.07, 6.45) is 1.26. The Morgan fingerprint density at radius 2 is 2.00 bits per heavy atom. The van der Waals surface area contributed by atoms with E-state index in [-0.39, 0.29) is 6.10 Å². The highest BCUT2D eigenvalue weighted by Crippen LogP contribution is 2.29. The van der Waals surface area contributed by atoms with Gasteiger partial charge in [-0.2, -0.15) is 0 Å². The van der Waals surface area contributed by atoms with E-state index in [1.54, 1.807) is 0 Å². The zero-order valence-electron chi connectivity index (χ0n) is 10.9. The van der Waals surface area contributed by atoms with Crippen LogP contribution in [0.15, 0.2) is 42.5 Å². The molecule has 1 atom stereocenters. The van der Waals surface area contributed by atoms with Crippen LogP contribution in [0.3, 0.4) is 0 Å². The lowest BCUT2D eigenvalue weighted by Gasteiger charge is -2.07. The molecule has 19 heavy (non-hydrogen) atoms. The number of nitrogen functional groups attached to an aromatic ring is 1. The van der Waals surface area contributed by atoms with Crippen molar-refractivity contribution in [2.75, 3.05) is 5.73 Å². The van der Waals surface area contributed by atoms with Gasteiger partial charge >= 0.3 is 0 Å². The summed E-state index contributed by atoms with van der Waals surface area (Å²) in [5.74, 6) is 1.84. The molecular weight excluding hydrogens is 238 g/mol. The number of hydrogen-bond donors (Lipinski definition) is 1. The summed E-state index contributed by atoms with van der Waals surface area (Å²) in [6, 6.07) is 13.7. The average Bonchev–Trinajstić information content (AvgIpc) is 2.77. The van der Waals surface area contributed by atoms with Crippen molar-refractivity contribution in [3.05, 3.63) is 53.6 Å². The summed E-state index contributed by atoms with van der Waals surface area (Å²) in [4.78, 5) is 0. The third-order valence-electron chi connectivity index (χ3n) is 3.25. The van der Waals surface area contributed by atoms with Crippen molar-refractivity contribution in [3.63, 3.8) is 0 Å². The van der Waals surface area contributed by atoms with E-state index in [2.05, 4.69) is 13.0 Å². The Hall–Kier alpha value is -2.16. The monoisotopic (exact) mass is 255 g/mol. The minimum absolute atomic E-state index is 0.281. The van der Waals surface area contributed by atoms with Crippen LogP contribution in [0.2, 0.25) is 0 Å². The quantitative estimate of drug-likeness (QED) is 0.857. The van der Waals surface area contributed by atoms with Gasteiger partial charge in [0.25, 0.3) is 0 Å². The van der Waals surface area contributed by atoms with Crippen molar-refractivity contribution in [2.24, 2.45) is 0 Å². The van der Waals surface area contributed by atoms with Gasteiger partial charge in [0.05, 0.1) is 0 Å². The molecule has 0 aromatic heterocycles. The SMILES string of the molecule is CC1Cc2cc(COc3ccc(N)cc3)ccc2O1. The van der Waals surface area contributed by atoms with E-state index in [9.17, 15) is 0 Å². The first-order valence-corrected chi connectivity index (χ1v) is 6.47. The molecule has 2 aromatic rings. The van der Waals surface area contributed by atoms with Crippen molar-refractivity contribution in [1.82, 2.24) is 0 Å². The van der Waals surface area contributed by atoms with E-state index in [1.165, 1.54) is 5.56 Å². The normalized spacial score (nSPS) is 16.8. The Labute approximate surface area is 113 Å². The fraction of sp³-hybridized carbons (Fsp3) is 0.250. The number of hydrogen-bond acceptors (Lipinski definition) is 3. The Morgan fingerprint density at radius 3 is 2.79 bits per heavy atom. The van der Waals surface area contributed by atoms with Crippen molar-refractivity contribution >= 4 is 5.69 Å². The van der Waals surface area contributed by atoms with Crippen LogP contribution in [-0.2, 0) is 13.0 Å². The highest BCUT2D eigenvalue weighted by molar-refractivity contribution is 5.42. The molecule has 0 fully saturated rings. The van der Waals surface area contributed by atoms with Crippen LogP contribution < -0.4 is 15.2 Å². The summed E-state index contributed by atoms with van der Waals surface area (Å²) in [6.45, 7) is 2.65. The highest BCUT2D eigenvalue weighted by Gasteiger charge is 2.18. The van der Waals surface area contributed by atoms with Gasteiger partial charge in [0.15, 0.2) is 0 Å². The fourth-order valence-corrected chi connectivity index (χ4v) is 2.30. The molecule has 2 N–H and O–H groups in total. The maximum absolute atomic E-state index is 5.74. The summed E-state index contributed by atoms with van der Waals surface area (Å²) in [5, 5.41) is 0. The molecule has 3 nitrogen and oxygen atoms in total. The van der Waals surface area contributed by atoms with Gasteiger partial charge < -0.3 is 15.2 Å². The Bertz CT molecular complexity index is 578. The molecule has 3 rings (SSSR count). The van der Waals surface area contributed by atoms with E-state index < -0.39 is 0 Å². The molecule has 0 aliphatic carbocycles. The van der Waals surface area contributed by atoms with Crippen LogP contribution >= 0.6 is 0 Å². The lowest BCUT2D eigenvalue weighted by Crippen LogP contribution is -2.05. The minimum atomic E-state index is 0.281. The lowest BCUT2D eigenvalue weighted by atomic mass is 10.1. The van der Waals surface area contributed by atoms with Gasteiger partial charge in [0.2, 0.25) is 0 Å². The first-order valence-electron chi connectivity index (χ1n) is 6.47. The van der Waals surface area contributed by atoms with Crippen LogP contribution in [0.5, 0.6) is 11.5 Å². The maximum atomic E-state index is 5.74.